The summed E-state index contributed by atoms with van der Waals surface area (Å²) in [5, 5.41) is 3.26. The first-order valence-electron chi connectivity index (χ1n) is 4.94. The summed E-state index contributed by atoms with van der Waals surface area (Å²) < 4.78 is 5.58. The van der Waals surface area contributed by atoms with Gasteiger partial charge < -0.3 is 9.73 Å². The van der Waals surface area contributed by atoms with Gasteiger partial charge in [0.05, 0.1) is 0 Å². The van der Waals surface area contributed by atoms with Crippen LogP contribution in [0, 0.1) is 12.3 Å². The lowest BCUT2D eigenvalue weighted by molar-refractivity contribution is 0.403. The average Bonchev–Trinajstić information content (AvgIpc) is 2.70. The predicted octanol–water partition coefficient (Wildman–Crippen LogP) is 2.13. The van der Waals surface area contributed by atoms with Crippen LogP contribution in [0.25, 0.3) is 0 Å². The van der Waals surface area contributed by atoms with Crippen LogP contribution in [0.2, 0.25) is 0 Å². The van der Waals surface area contributed by atoms with Crippen molar-refractivity contribution in [2.75, 3.05) is 13.6 Å². The fraction of sp³-hybridized carbons (Fsp3) is 0.636. The van der Waals surface area contributed by atoms with Crippen LogP contribution in [-0.4, -0.2) is 13.6 Å². The average molecular weight is 179 g/mol. The van der Waals surface area contributed by atoms with Gasteiger partial charge in [-0.1, -0.05) is 0 Å². The van der Waals surface area contributed by atoms with E-state index >= 15 is 0 Å². The first-order valence-corrected chi connectivity index (χ1v) is 4.94. The molecule has 0 amide bonds. The maximum atomic E-state index is 5.58. The monoisotopic (exact) mass is 179 g/mol. The van der Waals surface area contributed by atoms with Gasteiger partial charge in [-0.2, -0.15) is 0 Å². The third kappa shape index (κ3) is 1.94. The molecule has 2 nitrogen and oxygen atoms in total. The molecular formula is C11H17NO. The number of hydrogen-bond donors (Lipinski definition) is 1. The lowest BCUT2D eigenvalue weighted by Crippen LogP contribution is -2.21. The Hall–Kier alpha value is -0.760. The quantitative estimate of drug-likeness (QED) is 0.766. The maximum Gasteiger partial charge on any atom is 0.104 e. The van der Waals surface area contributed by atoms with Crippen LogP contribution in [0.1, 0.15) is 24.4 Å². The van der Waals surface area contributed by atoms with E-state index in [1.807, 2.05) is 20.0 Å². The number of hydrogen-bond acceptors (Lipinski definition) is 2. The lowest BCUT2D eigenvalue weighted by Gasteiger charge is -2.11. The van der Waals surface area contributed by atoms with Gasteiger partial charge in [-0.15, -0.1) is 0 Å². The Balaban J connectivity index is 1.98. The molecule has 0 unspecified atom stereocenters. The Morgan fingerprint density at radius 1 is 1.46 bits per heavy atom. The summed E-state index contributed by atoms with van der Waals surface area (Å²) >= 11 is 0. The van der Waals surface area contributed by atoms with Crippen LogP contribution in [0.3, 0.4) is 0 Å². The Bertz CT molecular complexity index is 286. The molecule has 1 fully saturated rings. The highest BCUT2D eigenvalue weighted by atomic mass is 16.3. The van der Waals surface area contributed by atoms with Crippen LogP contribution in [0.4, 0.5) is 0 Å². The number of rotatable bonds is 4. The zero-order valence-electron chi connectivity index (χ0n) is 8.39. The maximum absolute atomic E-state index is 5.58. The van der Waals surface area contributed by atoms with Crippen molar-refractivity contribution in [3.63, 3.8) is 0 Å². The zero-order chi connectivity index (χ0) is 9.31. The summed E-state index contributed by atoms with van der Waals surface area (Å²) in [5.41, 5.74) is 0.513. The second-order valence-electron chi connectivity index (χ2n) is 4.22. The molecule has 0 spiro atoms. The highest BCUT2D eigenvalue weighted by molar-refractivity contribution is 5.11. The summed E-state index contributed by atoms with van der Waals surface area (Å²) in [6, 6.07) is 4.15. The molecule has 1 heterocycles. The second-order valence-corrected chi connectivity index (χ2v) is 4.22. The third-order valence-electron chi connectivity index (χ3n) is 2.85. The van der Waals surface area contributed by atoms with Gasteiger partial charge in [-0.25, -0.2) is 0 Å². The van der Waals surface area contributed by atoms with E-state index in [9.17, 15) is 0 Å². The molecule has 0 aromatic carbocycles. The van der Waals surface area contributed by atoms with E-state index in [0.717, 1.165) is 24.5 Å². The van der Waals surface area contributed by atoms with Crippen molar-refractivity contribution in [1.82, 2.24) is 5.32 Å². The van der Waals surface area contributed by atoms with E-state index < -0.39 is 0 Å². The molecule has 0 radical (unpaired) electrons. The molecule has 13 heavy (non-hydrogen) atoms. The van der Waals surface area contributed by atoms with Crippen molar-refractivity contribution in [2.24, 2.45) is 5.41 Å². The fourth-order valence-electron chi connectivity index (χ4n) is 1.92. The summed E-state index contributed by atoms with van der Waals surface area (Å²) in [4.78, 5) is 0. The van der Waals surface area contributed by atoms with Crippen LogP contribution in [-0.2, 0) is 6.42 Å². The fourth-order valence-corrected chi connectivity index (χ4v) is 1.92. The van der Waals surface area contributed by atoms with Gasteiger partial charge >= 0.3 is 0 Å². The van der Waals surface area contributed by atoms with Crippen LogP contribution in [0.5, 0.6) is 0 Å². The molecule has 1 N–H and O–H groups in total. The highest BCUT2D eigenvalue weighted by Crippen LogP contribution is 2.47. The van der Waals surface area contributed by atoms with E-state index in [1.165, 1.54) is 12.8 Å². The normalized spacial score (nSPS) is 18.9. The van der Waals surface area contributed by atoms with Gasteiger partial charge in [0.25, 0.3) is 0 Å². The Morgan fingerprint density at radius 2 is 2.23 bits per heavy atom. The van der Waals surface area contributed by atoms with Crippen molar-refractivity contribution >= 4 is 0 Å². The first-order chi connectivity index (χ1) is 6.24. The highest BCUT2D eigenvalue weighted by Gasteiger charge is 2.42. The van der Waals surface area contributed by atoms with E-state index in [1.54, 1.807) is 0 Å². The first kappa shape index (κ1) is 8.82. The molecule has 1 aromatic rings. The minimum atomic E-state index is 0.513. The molecule has 72 valence electrons. The minimum Gasteiger partial charge on any atom is -0.466 e. The van der Waals surface area contributed by atoms with Crippen molar-refractivity contribution in [2.45, 2.75) is 26.2 Å². The summed E-state index contributed by atoms with van der Waals surface area (Å²) in [7, 11) is 2.02. The molecule has 0 aliphatic heterocycles. The van der Waals surface area contributed by atoms with Crippen LogP contribution >= 0.6 is 0 Å². The molecule has 0 saturated heterocycles. The van der Waals surface area contributed by atoms with Gasteiger partial charge in [0.15, 0.2) is 0 Å². The molecule has 1 aliphatic carbocycles. The molecule has 2 heteroatoms. The smallest absolute Gasteiger partial charge is 0.104 e. The number of furan rings is 1. The largest absolute Gasteiger partial charge is 0.466 e. The van der Waals surface area contributed by atoms with Crippen LogP contribution < -0.4 is 5.32 Å². The molecule has 1 aliphatic rings. The van der Waals surface area contributed by atoms with Crippen molar-refractivity contribution in [3.05, 3.63) is 23.7 Å². The molecule has 2 rings (SSSR count). The molecule has 1 aromatic heterocycles. The van der Waals surface area contributed by atoms with Gasteiger partial charge in [-0.05, 0) is 44.4 Å². The Labute approximate surface area is 79.3 Å². The SMILES string of the molecule is CNCC1(Cc2ccc(C)o2)CC1. The van der Waals surface area contributed by atoms with Crippen molar-refractivity contribution in [3.8, 4) is 0 Å². The Kier molecular flexibility index (Phi) is 2.16. The molecule has 1 saturated carbocycles. The number of nitrogens with one attached hydrogen (secondary N) is 1. The van der Waals surface area contributed by atoms with E-state index in [0.29, 0.717) is 5.41 Å². The Morgan fingerprint density at radius 3 is 2.69 bits per heavy atom. The van der Waals surface area contributed by atoms with Gasteiger partial charge in [0.1, 0.15) is 11.5 Å². The van der Waals surface area contributed by atoms with E-state index in [2.05, 4.69) is 11.4 Å². The lowest BCUT2D eigenvalue weighted by atomic mass is 10.0. The van der Waals surface area contributed by atoms with Crippen LogP contribution in [0.15, 0.2) is 16.5 Å². The summed E-state index contributed by atoms with van der Waals surface area (Å²) in [6.07, 6.45) is 3.78. The summed E-state index contributed by atoms with van der Waals surface area (Å²) in [6.45, 7) is 3.12. The van der Waals surface area contributed by atoms with Gasteiger partial charge in [-0.3, -0.25) is 0 Å². The standard InChI is InChI=1S/C11H17NO/c1-9-3-4-10(13-9)7-11(5-6-11)8-12-2/h3-4,12H,5-8H2,1-2H3. The van der Waals surface area contributed by atoms with Gasteiger partial charge in [0, 0.05) is 13.0 Å². The topological polar surface area (TPSA) is 25.2 Å². The number of aryl methyl sites for hydroxylation is 1. The summed E-state index contributed by atoms with van der Waals surface area (Å²) in [5.74, 6) is 2.17. The van der Waals surface area contributed by atoms with Crippen molar-refractivity contribution < 1.29 is 4.42 Å². The third-order valence-corrected chi connectivity index (χ3v) is 2.85. The van der Waals surface area contributed by atoms with Crippen molar-refractivity contribution in [1.29, 1.82) is 0 Å². The zero-order valence-corrected chi connectivity index (χ0v) is 8.39. The molecule has 0 bridgehead atoms. The van der Waals surface area contributed by atoms with E-state index in [4.69, 9.17) is 4.42 Å². The molecule has 0 atom stereocenters. The second kappa shape index (κ2) is 3.18. The van der Waals surface area contributed by atoms with Gasteiger partial charge in [0.2, 0.25) is 0 Å². The molecular weight excluding hydrogens is 162 g/mol. The van der Waals surface area contributed by atoms with E-state index in [-0.39, 0.29) is 0 Å². The predicted molar refractivity (Wildman–Crippen MR) is 52.7 cm³/mol. The minimum absolute atomic E-state index is 0.513.